The summed E-state index contributed by atoms with van der Waals surface area (Å²) < 4.78 is 8.57. The van der Waals surface area contributed by atoms with E-state index in [0.29, 0.717) is 0 Å². The molecule has 88 valence electrons. The minimum atomic E-state index is 0.793. The van der Waals surface area contributed by atoms with Gasteiger partial charge in [0.1, 0.15) is 21.9 Å². The summed E-state index contributed by atoms with van der Waals surface area (Å²) in [5.74, 6) is 2.01. The number of rotatable bonds is 1. The lowest BCUT2D eigenvalue weighted by Gasteiger charge is -2.02. The van der Waals surface area contributed by atoms with Crippen LogP contribution < -0.4 is 4.74 Å². The van der Waals surface area contributed by atoms with Gasteiger partial charge in [-0.3, -0.25) is 0 Å². The minimum absolute atomic E-state index is 0.793. The van der Waals surface area contributed by atoms with E-state index >= 15 is 0 Å². The lowest BCUT2D eigenvalue weighted by atomic mass is 10.1. The second kappa shape index (κ2) is 3.88. The van der Waals surface area contributed by atoms with Crippen LogP contribution in [0.15, 0.2) is 22.8 Å². The molecule has 4 heteroatoms. The quantitative estimate of drug-likeness (QED) is 0.808. The third-order valence-electron chi connectivity index (χ3n) is 3.21. The summed E-state index contributed by atoms with van der Waals surface area (Å²) in [6.45, 7) is 2.80. The average Bonchev–Trinajstić information content (AvgIpc) is 2.89. The Hall–Kier alpha value is -1.29. The van der Waals surface area contributed by atoms with Gasteiger partial charge < -0.3 is 9.30 Å². The highest BCUT2D eigenvalue weighted by atomic mass is 79.9. The predicted molar refractivity (Wildman–Crippen MR) is 70.3 cm³/mol. The topological polar surface area (TPSA) is 27.1 Å². The molecule has 0 spiro atoms. The molecule has 0 amide bonds. The summed E-state index contributed by atoms with van der Waals surface area (Å²) in [4.78, 5) is 4.58. The van der Waals surface area contributed by atoms with E-state index in [-0.39, 0.29) is 0 Å². The second-order valence-corrected chi connectivity index (χ2v) is 5.03. The van der Waals surface area contributed by atoms with E-state index in [1.54, 1.807) is 0 Å². The molecular formula is C13H13BrN2O. The number of ether oxygens (including phenoxy) is 1. The zero-order valence-corrected chi connectivity index (χ0v) is 11.4. The van der Waals surface area contributed by atoms with Crippen molar-refractivity contribution in [1.82, 2.24) is 9.55 Å². The fourth-order valence-electron chi connectivity index (χ4n) is 2.10. The van der Waals surface area contributed by atoms with Gasteiger partial charge >= 0.3 is 0 Å². The Morgan fingerprint density at radius 1 is 1.41 bits per heavy atom. The molecule has 0 atom stereocenters. The number of hydrogen-bond donors (Lipinski definition) is 0. The van der Waals surface area contributed by atoms with Crippen LogP contribution >= 0.6 is 15.9 Å². The van der Waals surface area contributed by atoms with Gasteiger partial charge in [-0.15, -0.1) is 0 Å². The number of fused-ring (bicyclic) bond motifs is 1. The first kappa shape index (κ1) is 10.8. The number of nitrogens with zero attached hydrogens (tertiary/aromatic N) is 2. The van der Waals surface area contributed by atoms with Crippen LogP contribution in [0.3, 0.4) is 0 Å². The van der Waals surface area contributed by atoms with Crippen molar-refractivity contribution >= 4 is 15.9 Å². The van der Waals surface area contributed by atoms with E-state index in [0.717, 1.165) is 40.5 Å². The lowest BCUT2D eigenvalue weighted by molar-refractivity contribution is 0.357. The summed E-state index contributed by atoms with van der Waals surface area (Å²) in [7, 11) is 2.01. The number of aromatic nitrogens is 2. The number of aryl methyl sites for hydroxylation is 1. The molecular weight excluding hydrogens is 280 g/mol. The Bertz CT molecular complexity index is 589. The largest absolute Gasteiger partial charge is 0.493 e. The second-order valence-electron chi connectivity index (χ2n) is 4.28. The summed E-state index contributed by atoms with van der Waals surface area (Å²) in [5.41, 5.74) is 3.42. The Morgan fingerprint density at radius 3 is 2.94 bits per heavy atom. The van der Waals surface area contributed by atoms with Gasteiger partial charge in [0.05, 0.1) is 6.61 Å². The molecule has 0 bridgehead atoms. The molecule has 2 heterocycles. The molecule has 0 saturated carbocycles. The Balaban J connectivity index is 2.12. The molecule has 17 heavy (non-hydrogen) atoms. The molecule has 3 nitrogen and oxygen atoms in total. The predicted octanol–water partition coefficient (Wildman–Crippen LogP) is 3.09. The van der Waals surface area contributed by atoms with Gasteiger partial charge in [0.2, 0.25) is 0 Å². The van der Waals surface area contributed by atoms with Gasteiger partial charge in [0, 0.05) is 19.0 Å². The average molecular weight is 293 g/mol. The highest BCUT2D eigenvalue weighted by Gasteiger charge is 2.16. The summed E-state index contributed by atoms with van der Waals surface area (Å²) >= 11 is 3.59. The minimum Gasteiger partial charge on any atom is -0.493 e. The van der Waals surface area contributed by atoms with E-state index in [2.05, 4.69) is 33.0 Å². The standard InChI is InChI=1S/C13H13BrN2O/c1-8-15-12(13(14)16(8)2)10-3-4-11-9(7-10)5-6-17-11/h3-4,7H,5-6H2,1-2H3. The summed E-state index contributed by atoms with van der Waals surface area (Å²) in [6.07, 6.45) is 0.993. The van der Waals surface area contributed by atoms with Gasteiger partial charge in [-0.05, 0) is 46.6 Å². The van der Waals surface area contributed by atoms with Crippen LogP contribution in [-0.2, 0) is 13.5 Å². The lowest BCUT2D eigenvalue weighted by Crippen LogP contribution is -1.90. The monoisotopic (exact) mass is 292 g/mol. The third kappa shape index (κ3) is 1.67. The number of halogens is 1. The normalized spacial score (nSPS) is 13.6. The molecule has 3 rings (SSSR count). The molecule has 0 N–H and O–H groups in total. The number of imidazole rings is 1. The molecule has 2 aromatic rings. The summed E-state index contributed by atoms with van der Waals surface area (Å²) in [6, 6.07) is 6.28. The molecule has 1 aromatic heterocycles. The van der Waals surface area contributed by atoms with Crippen LogP contribution in [0, 0.1) is 6.92 Å². The van der Waals surface area contributed by atoms with Crippen LogP contribution in [0.2, 0.25) is 0 Å². The van der Waals surface area contributed by atoms with Gasteiger partial charge in [-0.2, -0.15) is 0 Å². The van der Waals surface area contributed by atoms with E-state index in [1.807, 2.05) is 24.6 Å². The Kier molecular flexibility index (Phi) is 2.47. The van der Waals surface area contributed by atoms with Crippen LogP contribution in [0.25, 0.3) is 11.3 Å². The van der Waals surface area contributed by atoms with Gasteiger partial charge in [0.25, 0.3) is 0 Å². The Morgan fingerprint density at radius 2 is 2.24 bits per heavy atom. The van der Waals surface area contributed by atoms with Crippen molar-refractivity contribution in [3.8, 4) is 17.0 Å². The highest BCUT2D eigenvalue weighted by molar-refractivity contribution is 9.10. The molecule has 0 saturated heterocycles. The maximum absolute atomic E-state index is 5.51. The highest BCUT2D eigenvalue weighted by Crippen LogP contribution is 2.33. The van der Waals surface area contributed by atoms with Crippen LogP contribution in [0.1, 0.15) is 11.4 Å². The van der Waals surface area contributed by atoms with E-state index < -0.39 is 0 Å². The van der Waals surface area contributed by atoms with Crippen molar-refractivity contribution in [2.45, 2.75) is 13.3 Å². The van der Waals surface area contributed by atoms with Gasteiger partial charge in [-0.25, -0.2) is 4.98 Å². The summed E-state index contributed by atoms with van der Waals surface area (Å²) in [5, 5.41) is 0. The van der Waals surface area contributed by atoms with Crippen molar-refractivity contribution in [3.63, 3.8) is 0 Å². The zero-order valence-electron chi connectivity index (χ0n) is 9.83. The molecule has 0 unspecified atom stereocenters. The van der Waals surface area contributed by atoms with Gasteiger partial charge in [0.15, 0.2) is 0 Å². The van der Waals surface area contributed by atoms with Crippen molar-refractivity contribution in [1.29, 1.82) is 0 Å². The zero-order chi connectivity index (χ0) is 12.0. The third-order valence-corrected chi connectivity index (χ3v) is 4.12. The van der Waals surface area contributed by atoms with E-state index in [9.17, 15) is 0 Å². The fraction of sp³-hybridized carbons (Fsp3) is 0.308. The van der Waals surface area contributed by atoms with Crippen molar-refractivity contribution in [2.75, 3.05) is 6.61 Å². The van der Waals surface area contributed by atoms with Crippen LogP contribution in [0.5, 0.6) is 5.75 Å². The van der Waals surface area contributed by atoms with Crippen molar-refractivity contribution in [2.24, 2.45) is 7.05 Å². The molecule has 0 radical (unpaired) electrons. The molecule has 0 aliphatic carbocycles. The maximum Gasteiger partial charge on any atom is 0.122 e. The SMILES string of the molecule is Cc1nc(-c2ccc3c(c2)CCO3)c(Br)n1C. The molecule has 1 aromatic carbocycles. The fourth-order valence-corrected chi connectivity index (χ4v) is 2.68. The van der Waals surface area contributed by atoms with E-state index in [1.165, 1.54) is 5.56 Å². The van der Waals surface area contributed by atoms with Crippen molar-refractivity contribution < 1.29 is 4.74 Å². The maximum atomic E-state index is 5.51. The van der Waals surface area contributed by atoms with E-state index in [4.69, 9.17) is 4.74 Å². The van der Waals surface area contributed by atoms with Gasteiger partial charge in [-0.1, -0.05) is 0 Å². The molecule has 1 aliphatic heterocycles. The van der Waals surface area contributed by atoms with Crippen molar-refractivity contribution in [3.05, 3.63) is 34.2 Å². The first-order valence-electron chi connectivity index (χ1n) is 5.62. The number of hydrogen-bond acceptors (Lipinski definition) is 2. The number of benzene rings is 1. The molecule has 1 aliphatic rings. The molecule has 0 fully saturated rings. The van der Waals surface area contributed by atoms with Crippen LogP contribution in [-0.4, -0.2) is 16.2 Å². The first-order valence-corrected chi connectivity index (χ1v) is 6.41. The Labute approximate surface area is 109 Å². The first-order chi connectivity index (χ1) is 8.16. The van der Waals surface area contributed by atoms with Crippen LogP contribution in [0.4, 0.5) is 0 Å². The smallest absolute Gasteiger partial charge is 0.122 e.